The van der Waals surface area contributed by atoms with Crippen LogP contribution in [0.5, 0.6) is 0 Å². The van der Waals surface area contributed by atoms with Gasteiger partial charge in [-0.25, -0.2) is 4.99 Å². The molecule has 178 valence electrons. The number of nitrogens with zero attached hydrogens (tertiary/aromatic N) is 3. The first-order chi connectivity index (χ1) is 16.4. The molecule has 2 aromatic rings. The van der Waals surface area contributed by atoms with Crippen molar-refractivity contribution in [2.45, 2.75) is 32.6 Å². The van der Waals surface area contributed by atoms with E-state index >= 15 is 0 Å². The van der Waals surface area contributed by atoms with Crippen LogP contribution in [0.2, 0.25) is 0 Å². The molecule has 0 bridgehead atoms. The van der Waals surface area contributed by atoms with Crippen molar-refractivity contribution in [3.63, 3.8) is 0 Å². The lowest BCUT2D eigenvalue weighted by atomic mass is 10.00. The molecule has 7 heteroatoms. The highest BCUT2D eigenvalue weighted by atomic mass is 16.2. The second-order valence-electron chi connectivity index (χ2n) is 9.11. The van der Waals surface area contributed by atoms with Crippen LogP contribution in [0.25, 0.3) is 17.2 Å². The number of nitrogens with two attached hydrogens (primary N) is 2. The topological polar surface area (TPSA) is 105 Å². The summed E-state index contributed by atoms with van der Waals surface area (Å²) in [5.74, 6) is 0.321. The number of hydrogen-bond acceptors (Lipinski definition) is 5. The van der Waals surface area contributed by atoms with Crippen LogP contribution in [-0.2, 0) is 4.79 Å². The van der Waals surface area contributed by atoms with E-state index < -0.39 is 0 Å². The van der Waals surface area contributed by atoms with E-state index in [2.05, 4.69) is 24.1 Å². The monoisotopic (exact) mass is 459 g/mol. The zero-order valence-corrected chi connectivity index (χ0v) is 19.8. The molecule has 0 atom stereocenters. The molecule has 2 aromatic carbocycles. The van der Waals surface area contributed by atoms with E-state index in [-0.39, 0.29) is 18.4 Å². The van der Waals surface area contributed by atoms with Crippen molar-refractivity contribution in [1.29, 1.82) is 0 Å². The Balaban J connectivity index is 1.55. The second kappa shape index (κ2) is 10.7. The number of aliphatic imine (C=N–C) groups is 1. The van der Waals surface area contributed by atoms with Crippen molar-refractivity contribution in [3.05, 3.63) is 59.2 Å². The molecule has 4 N–H and O–H groups in total. The van der Waals surface area contributed by atoms with Crippen LogP contribution in [-0.4, -0.2) is 60.2 Å². The molecule has 2 amide bonds. The van der Waals surface area contributed by atoms with Gasteiger partial charge in [-0.1, -0.05) is 37.3 Å². The van der Waals surface area contributed by atoms with E-state index in [9.17, 15) is 9.59 Å². The average molecular weight is 460 g/mol. The maximum Gasteiger partial charge on any atom is 0.253 e. The third-order valence-electron chi connectivity index (χ3n) is 6.27. The smallest absolute Gasteiger partial charge is 0.253 e. The van der Waals surface area contributed by atoms with E-state index in [1.54, 1.807) is 0 Å². The van der Waals surface area contributed by atoms with Crippen LogP contribution < -0.4 is 11.5 Å². The third kappa shape index (κ3) is 5.72. The Morgan fingerprint density at radius 2 is 1.76 bits per heavy atom. The Labute approximate surface area is 201 Å². The molecule has 4 rings (SSSR count). The summed E-state index contributed by atoms with van der Waals surface area (Å²) in [4.78, 5) is 32.7. The van der Waals surface area contributed by atoms with Gasteiger partial charge in [0, 0.05) is 37.2 Å². The fourth-order valence-electron chi connectivity index (χ4n) is 4.69. The fraction of sp³-hybridized carbons (Fsp3) is 0.370. The van der Waals surface area contributed by atoms with Gasteiger partial charge in [-0.2, -0.15) is 0 Å². The van der Waals surface area contributed by atoms with E-state index in [1.807, 2.05) is 46.2 Å². The maximum atomic E-state index is 12.6. The SMILES string of the molecule is CCCN(CC(N)=O)CC1=Cc2ccc(-c3ccc(C(=O)N4CCCC4)cc3)cc2N=C(N)C1. The second-order valence-corrected chi connectivity index (χ2v) is 9.11. The van der Waals surface area contributed by atoms with Crippen LogP contribution in [0.1, 0.15) is 48.5 Å². The largest absolute Gasteiger partial charge is 0.387 e. The Kier molecular flexibility index (Phi) is 7.43. The highest BCUT2D eigenvalue weighted by Crippen LogP contribution is 2.32. The number of rotatable bonds is 8. The molecule has 7 nitrogen and oxygen atoms in total. The first-order valence-electron chi connectivity index (χ1n) is 12.0. The van der Waals surface area contributed by atoms with Gasteiger partial charge in [0.25, 0.3) is 5.91 Å². The molecule has 1 saturated heterocycles. The van der Waals surface area contributed by atoms with Crippen LogP contribution in [0.3, 0.4) is 0 Å². The van der Waals surface area contributed by atoms with Gasteiger partial charge in [-0.05, 0) is 60.7 Å². The quantitative estimate of drug-likeness (QED) is 0.630. The summed E-state index contributed by atoms with van der Waals surface area (Å²) >= 11 is 0. The Morgan fingerprint density at radius 3 is 2.44 bits per heavy atom. The summed E-state index contributed by atoms with van der Waals surface area (Å²) in [5, 5.41) is 0. The zero-order valence-electron chi connectivity index (χ0n) is 19.8. The van der Waals surface area contributed by atoms with Gasteiger partial charge >= 0.3 is 0 Å². The minimum Gasteiger partial charge on any atom is -0.387 e. The number of primary amides is 1. The number of amidine groups is 1. The summed E-state index contributed by atoms with van der Waals surface area (Å²) in [6.07, 6.45) is 5.77. The molecular formula is C27H33N5O2. The van der Waals surface area contributed by atoms with Crippen LogP contribution in [0, 0.1) is 0 Å². The summed E-state index contributed by atoms with van der Waals surface area (Å²) in [7, 11) is 0. The Bertz CT molecular complexity index is 1110. The average Bonchev–Trinajstić information content (AvgIpc) is 3.29. The molecule has 0 saturated carbocycles. The normalized spacial score (nSPS) is 15.5. The van der Waals surface area contributed by atoms with Crippen LogP contribution in [0.4, 0.5) is 5.69 Å². The molecule has 34 heavy (non-hydrogen) atoms. The van der Waals surface area contributed by atoms with E-state index in [0.717, 1.165) is 72.4 Å². The third-order valence-corrected chi connectivity index (χ3v) is 6.27. The zero-order chi connectivity index (χ0) is 24.1. The highest BCUT2D eigenvalue weighted by Gasteiger charge is 2.19. The lowest BCUT2D eigenvalue weighted by Gasteiger charge is -2.21. The van der Waals surface area contributed by atoms with E-state index in [1.165, 1.54) is 0 Å². The van der Waals surface area contributed by atoms with Gasteiger partial charge in [0.1, 0.15) is 5.84 Å². The minimum atomic E-state index is -0.331. The first kappa shape index (κ1) is 23.7. The molecular weight excluding hydrogens is 426 g/mol. The summed E-state index contributed by atoms with van der Waals surface area (Å²) in [6, 6.07) is 13.9. The lowest BCUT2D eigenvalue weighted by Crippen LogP contribution is -2.36. The number of amides is 2. The predicted octanol–water partition coefficient (Wildman–Crippen LogP) is 3.56. The number of likely N-dealkylation sites (tertiary alicyclic amines) is 1. The molecule has 0 aromatic heterocycles. The maximum absolute atomic E-state index is 12.6. The Morgan fingerprint density at radius 1 is 1.06 bits per heavy atom. The first-order valence-corrected chi connectivity index (χ1v) is 12.0. The summed E-state index contributed by atoms with van der Waals surface area (Å²) in [5.41, 5.74) is 17.4. The summed E-state index contributed by atoms with van der Waals surface area (Å²) < 4.78 is 0. The van der Waals surface area contributed by atoms with Crippen molar-refractivity contribution in [1.82, 2.24) is 9.80 Å². The molecule has 2 heterocycles. The number of benzene rings is 2. The van der Waals surface area contributed by atoms with Gasteiger partial charge in [-0.3, -0.25) is 14.5 Å². The molecule has 2 aliphatic heterocycles. The lowest BCUT2D eigenvalue weighted by molar-refractivity contribution is -0.119. The van der Waals surface area contributed by atoms with Crippen molar-refractivity contribution in [2.75, 3.05) is 32.7 Å². The van der Waals surface area contributed by atoms with Gasteiger partial charge < -0.3 is 16.4 Å². The fourth-order valence-corrected chi connectivity index (χ4v) is 4.69. The van der Waals surface area contributed by atoms with Crippen molar-refractivity contribution in [3.8, 4) is 11.1 Å². The molecule has 0 spiro atoms. The van der Waals surface area contributed by atoms with Gasteiger partial charge in [0.15, 0.2) is 0 Å². The number of carbonyl (C=O) groups excluding carboxylic acids is 2. The van der Waals surface area contributed by atoms with Gasteiger partial charge in [0.05, 0.1) is 12.2 Å². The standard InChI is InChI=1S/C27H33N5O2/c1-2-11-31(18-26(29)33)17-19-14-23-10-9-22(16-24(23)30-25(28)15-19)20-5-7-21(8-6-20)27(34)32-12-3-4-13-32/h5-10,14,16H,2-4,11-13,15,17-18H2,1H3,(H2,28,30)(H2,29,33). The molecule has 2 aliphatic rings. The van der Waals surface area contributed by atoms with Crippen LogP contribution in [0.15, 0.2) is 53.0 Å². The Hall–Kier alpha value is -3.45. The van der Waals surface area contributed by atoms with Gasteiger partial charge in [-0.15, -0.1) is 0 Å². The van der Waals surface area contributed by atoms with Crippen LogP contribution >= 0.6 is 0 Å². The van der Waals surface area contributed by atoms with Crippen molar-refractivity contribution >= 4 is 29.4 Å². The predicted molar refractivity (Wildman–Crippen MR) is 137 cm³/mol. The molecule has 1 fully saturated rings. The van der Waals surface area contributed by atoms with E-state index in [4.69, 9.17) is 11.5 Å². The van der Waals surface area contributed by atoms with Gasteiger partial charge in [0.2, 0.25) is 5.91 Å². The summed E-state index contributed by atoms with van der Waals surface area (Å²) in [6.45, 7) is 5.42. The van der Waals surface area contributed by atoms with E-state index in [0.29, 0.717) is 18.8 Å². The van der Waals surface area contributed by atoms with Crippen molar-refractivity contribution < 1.29 is 9.59 Å². The number of fused-ring (bicyclic) bond motifs is 1. The van der Waals surface area contributed by atoms with Crippen molar-refractivity contribution in [2.24, 2.45) is 16.5 Å². The molecule has 0 aliphatic carbocycles. The minimum absolute atomic E-state index is 0.106. The highest BCUT2D eigenvalue weighted by molar-refractivity contribution is 5.95. The molecule has 0 radical (unpaired) electrons. The number of hydrogen-bond donors (Lipinski definition) is 2. The molecule has 0 unspecified atom stereocenters. The number of carbonyl (C=O) groups is 2.